The summed E-state index contributed by atoms with van der Waals surface area (Å²) in [5.74, 6) is -0.348. The lowest BCUT2D eigenvalue weighted by atomic mass is 10.1. The molecule has 1 saturated heterocycles. The number of halogens is 2. The summed E-state index contributed by atoms with van der Waals surface area (Å²) in [5.41, 5.74) is 1.26. The Balaban J connectivity index is 1.64. The molecule has 0 bridgehead atoms. The van der Waals surface area contributed by atoms with Crippen LogP contribution in [0.2, 0.25) is 10.0 Å². The zero-order valence-electron chi connectivity index (χ0n) is 13.4. The van der Waals surface area contributed by atoms with Crippen molar-refractivity contribution in [1.29, 1.82) is 0 Å². The number of carbonyl (C=O) groups is 1. The van der Waals surface area contributed by atoms with Crippen LogP contribution in [0.3, 0.4) is 0 Å². The summed E-state index contributed by atoms with van der Waals surface area (Å²) in [6.07, 6.45) is -1.28. The van der Waals surface area contributed by atoms with Gasteiger partial charge < -0.3 is 20.0 Å². The van der Waals surface area contributed by atoms with E-state index in [2.05, 4.69) is 4.90 Å². The minimum atomic E-state index is -1.28. The maximum absolute atomic E-state index is 12.5. The molecule has 2 aromatic carbocycles. The van der Waals surface area contributed by atoms with Crippen LogP contribution < -0.4 is 4.90 Å². The van der Waals surface area contributed by atoms with Crippen molar-refractivity contribution in [2.45, 2.75) is 6.10 Å². The van der Waals surface area contributed by atoms with Crippen molar-refractivity contribution in [2.24, 2.45) is 0 Å². The Hall–Kier alpha value is -1.95. The van der Waals surface area contributed by atoms with Gasteiger partial charge in [-0.1, -0.05) is 35.3 Å². The number of hydrogen-bond acceptors (Lipinski definition) is 4. The Labute approximate surface area is 156 Å². The molecule has 0 aromatic heterocycles. The van der Waals surface area contributed by atoms with Crippen LogP contribution in [0.5, 0.6) is 5.75 Å². The van der Waals surface area contributed by atoms with E-state index in [9.17, 15) is 15.0 Å². The number of benzene rings is 2. The minimum absolute atomic E-state index is 0.0200. The Morgan fingerprint density at radius 2 is 1.76 bits per heavy atom. The summed E-state index contributed by atoms with van der Waals surface area (Å²) in [5, 5.41) is 20.9. The molecule has 2 aromatic rings. The maximum Gasteiger partial charge on any atom is 0.256 e. The number of hydrogen-bond donors (Lipinski definition) is 2. The Bertz CT molecular complexity index is 777. The topological polar surface area (TPSA) is 64.0 Å². The third kappa shape index (κ3) is 4.00. The molecule has 0 radical (unpaired) electrons. The molecule has 1 aliphatic rings. The van der Waals surface area contributed by atoms with Crippen LogP contribution in [0.1, 0.15) is 11.7 Å². The largest absolute Gasteiger partial charge is 0.508 e. The third-order valence-corrected chi connectivity index (χ3v) is 4.80. The molecule has 0 saturated carbocycles. The van der Waals surface area contributed by atoms with E-state index in [-0.39, 0.29) is 11.7 Å². The standard InChI is InChI=1S/C18H18Cl2N2O3/c19-13-4-5-16(15(20)11-13)21-6-8-22(9-7-21)18(25)17(24)12-2-1-3-14(23)10-12/h1-5,10-11,17,23-24H,6-9H2. The van der Waals surface area contributed by atoms with E-state index in [1.807, 2.05) is 6.07 Å². The fourth-order valence-corrected chi connectivity index (χ4v) is 3.44. The molecule has 7 heteroatoms. The molecule has 1 fully saturated rings. The molecule has 5 nitrogen and oxygen atoms in total. The van der Waals surface area contributed by atoms with E-state index >= 15 is 0 Å². The zero-order valence-corrected chi connectivity index (χ0v) is 14.9. The van der Waals surface area contributed by atoms with Gasteiger partial charge in [-0.05, 0) is 35.9 Å². The molecule has 1 heterocycles. The lowest BCUT2D eigenvalue weighted by molar-refractivity contribution is -0.140. The van der Waals surface area contributed by atoms with Gasteiger partial charge in [-0.25, -0.2) is 0 Å². The van der Waals surface area contributed by atoms with E-state index in [0.717, 1.165) is 5.69 Å². The second-order valence-electron chi connectivity index (χ2n) is 5.91. The summed E-state index contributed by atoms with van der Waals surface area (Å²) >= 11 is 12.2. The molecule has 25 heavy (non-hydrogen) atoms. The lowest BCUT2D eigenvalue weighted by Gasteiger charge is -2.37. The van der Waals surface area contributed by atoms with Crippen LogP contribution in [0.15, 0.2) is 42.5 Å². The van der Waals surface area contributed by atoms with Crippen LogP contribution in [-0.4, -0.2) is 47.2 Å². The highest BCUT2D eigenvalue weighted by atomic mass is 35.5. The molecular weight excluding hydrogens is 363 g/mol. The molecule has 0 aliphatic carbocycles. The number of phenolic OH excluding ortho intramolecular Hbond substituents is 1. The Kier molecular flexibility index (Phi) is 5.37. The van der Waals surface area contributed by atoms with Crippen molar-refractivity contribution in [1.82, 2.24) is 4.90 Å². The van der Waals surface area contributed by atoms with Crippen molar-refractivity contribution in [3.63, 3.8) is 0 Å². The molecule has 2 N–H and O–H groups in total. The van der Waals surface area contributed by atoms with Crippen LogP contribution >= 0.6 is 23.2 Å². The average molecular weight is 381 g/mol. The third-order valence-electron chi connectivity index (χ3n) is 4.26. The molecule has 0 spiro atoms. The number of carbonyl (C=O) groups excluding carboxylic acids is 1. The summed E-state index contributed by atoms with van der Waals surface area (Å²) in [6.45, 7) is 2.18. The predicted molar refractivity (Wildman–Crippen MR) is 98.3 cm³/mol. The smallest absolute Gasteiger partial charge is 0.256 e. The van der Waals surface area contributed by atoms with Gasteiger partial charge in [0.2, 0.25) is 0 Å². The summed E-state index contributed by atoms with van der Waals surface area (Å²) in [7, 11) is 0. The van der Waals surface area contributed by atoms with E-state index in [4.69, 9.17) is 23.2 Å². The van der Waals surface area contributed by atoms with E-state index in [1.54, 1.807) is 29.2 Å². The summed E-state index contributed by atoms with van der Waals surface area (Å²) in [4.78, 5) is 16.2. The highest BCUT2D eigenvalue weighted by Gasteiger charge is 2.28. The van der Waals surface area contributed by atoms with Crippen LogP contribution in [0, 0.1) is 0 Å². The van der Waals surface area contributed by atoms with Crippen LogP contribution in [0.4, 0.5) is 5.69 Å². The van der Waals surface area contributed by atoms with Gasteiger partial charge in [-0.15, -0.1) is 0 Å². The van der Waals surface area contributed by atoms with Crippen molar-refractivity contribution in [2.75, 3.05) is 31.1 Å². The van der Waals surface area contributed by atoms with Gasteiger partial charge in [0.15, 0.2) is 6.10 Å². The molecule has 1 amide bonds. The number of aliphatic hydroxyl groups excluding tert-OH is 1. The molecule has 1 aliphatic heterocycles. The van der Waals surface area contributed by atoms with Gasteiger partial charge in [-0.3, -0.25) is 4.79 Å². The van der Waals surface area contributed by atoms with E-state index in [1.165, 1.54) is 12.1 Å². The monoisotopic (exact) mass is 380 g/mol. The minimum Gasteiger partial charge on any atom is -0.508 e. The van der Waals surface area contributed by atoms with Crippen molar-refractivity contribution < 1.29 is 15.0 Å². The first-order valence-electron chi connectivity index (χ1n) is 7.91. The number of anilines is 1. The van der Waals surface area contributed by atoms with Gasteiger partial charge in [0.1, 0.15) is 5.75 Å². The van der Waals surface area contributed by atoms with Crippen LogP contribution in [-0.2, 0) is 4.79 Å². The second kappa shape index (κ2) is 7.52. The highest BCUT2D eigenvalue weighted by Crippen LogP contribution is 2.30. The van der Waals surface area contributed by atoms with Gasteiger partial charge in [0.05, 0.1) is 10.7 Å². The van der Waals surface area contributed by atoms with Crippen molar-refractivity contribution in [3.8, 4) is 5.75 Å². The first-order valence-corrected chi connectivity index (χ1v) is 8.67. The average Bonchev–Trinajstić information content (AvgIpc) is 2.61. The van der Waals surface area contributed by atoms with Gasteiger partial charge in [0, 0.05) is 31.2 Å². The fourth-order valence-electron chi connectivity index (χ4n) is 2.92. The first kappa shape index (κ1) is 17.9. The van der Waals surface area contributed by atoms with Crippen molar-refractivity contribution >= 4 is 34.8 Å². The molecule has 1 unspecified atom stereocenters. The number of phenols is 1. The molecular formula is C18H18Cl2N2O3. The van der Waals surface area contributed by atoms with E-state index in [0.29, 0.717) is 41.8 Å². The highest BCUT2D eigenvalue weighted by molar-refractivity contribution is 6.36. The lowest BCUT2D eigenvalue weighted by Crippen LogP contribution is -2.50. The maximum atomic E-state index is 12.5. The van der Waals surface area contributed by atoms with Crippen molar-refractivity contribution in [3.05, 3.63) is 58.1 Å². The Morgan fingerprint density at radius 3 is 2.40 bits per heavy atom. The molecule has 3 rings (SSSR count). The summed E-state index contributed by atoms with van der Waals surface area (Å²) < 4.78 is 0. The van der Waals surface area contributed by atoms with Gasteiger partial charge >= 0.3 is 0 Å². The quantitative estimate of drug-likeness (QED) is 0.858. The normalized spacial score (nSPS) is 16.0. The first-order chi connectivity index (χ1) is 12.0. The number of aliphatic hydroxyl groups is 1. The van der Waals surface area contributed by atoms with E-state index < -0.39 is 6.10 Å². The van der Waals surface area contributed by atoms with Gasteiger partial charge in [-0.2, -0.15) is 0 Å². The SMILES string of the molecule is O=C(C(O)c1cccc(O)c1)N1CCN(c2ccc(Cl)cc2Cl)CC1. The summed E-state index contributed by atoms with van der Waals surface area (Å²) in [6, 6.07) is 11.5. The van der Waals surface area contributed by atoms with Crippen LogP contribution in [0.25, 0.3) is 0 Å². The number of nitrogens with zero attached hydrogens (tertiary/aromatic N) is 2. The number of aromatic hydroxyl groups is 1. The number of rotatable bonds is 3. The Morgan fingerprint density at radius 1 is 1.04 bits per heavy atom. The van der Waals surface area contributed by atoms with Gasteiger partial charge in [0.25, 0.3) is 5.91 Å². The fraction of sp³-hybridized carbons (Fsp3) is 0.278. The zero-order chi connectivity index (χ0) is 18.0. The predicted octanol–water partition coefficient (Wildman–Crippen LogP) is 3.08. The number of piperazine rings is 1. The number of amides is 1. The second-order valence-corrected chi connectivity index (χ2v) is 6.75. The molecule has 1 atom stereocenters. The molecule has 132 valence electrons.